The van der Waals surface area contributed by atoms with Crippen molar-refractivity contribution < 1.29 is 9.53 Å². The van der Waals surface area contributed by atoms with E-state index < -0.39 is 0 Å². The van der Waals surface area contributed by atoms with Crippen molar-refractivity contribution in [2.24, 2.45) is 0 Å². The van der Waals surface area contributed by atoms with E-state index in [9.17, 15) is 4.79 Å². The van der Waals surface area contributed by atoms with E-state index in [0.29, 0.717) is 24.3 Å². The maximum atomic E-state index is 11.8. The molecule has 2 aromatic rings. The van der Waals surface area contributed by atoms with E-state index in [1.165, 1.54) is 0 Å². The van der Waals surface area contributed by atoms with E-state index in [1.54, 1.807) is 30.6 Å². The predicted molar refractivity (Wildman–Crippen MR) is 73.8 cm³/mol. The van der Waals surface area contributed by atoms with Crippen LogP contribution in [0, 0.1) is 6.92 Å². The smallest absolute Gasteiger partial charge is 0.338 e. The summed E-state index contributed by atoms with van der Waals surface area (Å²) >= 11 is 0. The number of carbonyl (C=O) groups is 1. The summed E-state index contributed by atoms with van der Waals surface area (Å²) in [6.45, 7) is 2.20. The maximum absolute atomic E-state index is 11.8. The third-order valence-electron chi connectivity index (χ3n) is 2.85. The second-order valence-corrected chi connectivity index (χ2v) is 4.32. The van der Waals surface area contributed by atoms with Gasteiger partial charge in [-0.2, -0.15) is 0 Å². The number of pyridine rings is 1. The Morgan fingerprint density at radius 2 is 2.21 bits per heavy atom. The molecule has 0 saturated carbocycles. The summed E-state index contributed by atoms with van der Waals surface area (Å²) in [6, 6.07) is 8.94. The molecule has 19 heavy (non-hydrogen) atoms. The summed E-state index contributed by atoms with van der Waals surface area (Å²) in [6.07, 6.45) is 4.14. The van der Waals surface area contributed by atoms with Gasteiger partial charge in [0.05, 0.1) is 12.2 Å². The summed E-state index contributed by atoms with van der Waals surface area (Å²) in [5.74, 6) is -0.327. The lowest BCUT2D eigenvalue weighted by Gasteiger charge is -2.06. The van der Waals surface area contributed by atoms with Gasteiger partial charge in [0.1, 0.15) is 0 Å². The predicted octanol–water partition coefficient (Wildman–Crippen LogP) is 2.37. The zero-order valence-corrected chi connectivity index (χ0v) is 10.8. The van der Waals surface area contributed by atoms with Gasteiger partial charge in [-0.15, -0.1) is 0 Å². The van der Waals surface area contributed by atoms with E-state index in [-0.39, 0.29) is 5.97 Å². The third-order valence-corrected chi connectivity index (χ3v) is 2.85. The summed E-state index contributed by atoms with van der Waals surface area (Å²) in [5, 5.41) is 0. The molecule has 1 aromatic carbocycles. The van der Waals surface area contributed by atoms with Crippen LogP contribution < -0.4 is 5.73 Å². The van der Waals surface area contributed by atoms with Crippen LogP contribution in [0.4, 0.5) is 5.69 Å². The average Bonchev–Trinajstić information content (AvgIpc) is 2.43. The van der Waals surface area contributed by atoms with Gasteiger partial charge in [0.15, 0.2) is 0 Å². The highest BCUT2D eigenvalue weighted by atomic mass is 16.5. The molecule has 0 fully saturated rings. The van der Waals surface area contributed by atoms with E-state index >= 15 is 0 Å². The summed E-state index contributed by atoms with van der Waals surface area (Å²) in [5.41, 5.74) is 8.83. The van der Waals surface area contributed by atoms with Crippen molar-refractivity contribution in [1.82, 2.24) is 4.98 Å². The summed E-state index contributed by atoms with van der Waals surface area (Å²) in [4.78, 5) is 15.8. The molecule has 2 N–H and O–H groups in total. The van der Waals surface area contributed by atoms with Gasteiger partial charge in [0.2, 0.25) is 0 Å². The van der Waals surface area contributed by atoms with Crippen LogP contribution in [0.15, 0.2) is 42.7 Å². The maximum Gasteiger partial charge on any atom is 0.338 e. The number of anilines is 1. The number of nitrogen functional groups attached to an aromatic ring is 1. The molecular weight excluding hydrogens is 240 g/mol. The molecule has 98 valence electrons. The Kier molecular flexibility index (Phi) is 4.13. The van der Waals surface area contributed by atoms with E-state index in [4.69, 9.17) is 10.5 Å². The quantitative estimate of drug-likeness (QED) is 0.673. The fraction of sp³-hybridized carbons (Fsp3) is 0.200. The monoisotopic (exact) mass is 256 g/mol. The number of carbonyl (C=O) groups excluding carboxylic acids is 1. The van der Waals surface area contributed by atoms with Crippen molar-refractivity contribution in [3.8, 4) is 0 Å². The molecule has 0 amide bonds. The molecule has 1 aromatic heterocycles. The topological polar surface area (TPSA) is 65.2 Å². The number of hydrogen-bond donors (Lipinski definition) is 1. The highest BCUT2D eigenvalue weighted by molar-refractivity contribution is 5.90. The van der Waals surface area contributed by atoms with Crippen molar-refractivity contribution >= 4 is 11.7 Å². The van der Waals surface area contributed by atoms with Gasteiger partial charge in [-0.3, -0.25) is 4.98 Å². The first-order valence-corrected chi connectivity index (χ1v) is 6.09. The van der Waals surface area contributed by atoms with Crippen molar-refractivity contribution in [3.63, 3.8) is 0 Å². The van der Waals surface area contributed by atoms with Crippen molar-refractivity contribution in [3.05, 3.63) is 59.4 Å². The van der Waals surface area contributed by atoms with Gasteiger partial charge in [0.25, 0.3) is 0 Å². The lowest BCUT2D eigenvalue weighted by atomic mass is 10.1. The number of nitrogens with two attached hydrogens (primary N) is 1. The molecule has 0 bridgehead atoms. The first-order chi connectivity index (χ1) is 9.16. The van der Waals surface area contributed by atoms with Crippen molar-refractivity contribution in [2.45, 2.75) is 13.3 Å². The lowest BCUT2D eigenvalue weighted by molar-refractivity contribution is 0.0509. The highest BCUT2D eigenvalue weighted by Gasteiger charge is 2.08. The molecule has 4 heteroatoms. The molecule has 0 unspecified atom stereocenters. The van der Waals surface area contributed by atoms with Gasteiger partial charge >= 0.3 is 5.97 Å². The number of benzene rings is 1. The van der Waals surface area contributed by atoms with Crippen LogP contribution in [-0.2, 0) is 11.2 Å². The Morgan fingerprint density at radius 3 is 2.89 bits per heavy atom. The first kappa shape index (κ1) is 13.1. The highest BCUT2D eigenvalue weighted by Crippen LogP contribution is 2.13. The Balaban J connectivity index is 1.89. The molecule has 1 heterocycles. The molecule has 4 nitrogen and oxygen atoms in total. The second-order valence-electron chi connectivity index (χ2n) is 4.32. The minimum Gasteiger partial charge on any atom is -0.462 e. The van der Waals surface area contributed by atoms with E-state index in [0.717, 1.165) is 11.1 Å². The summed E-state index contributed by atoms with van der Waals surface area (Å²) < 4.78 is 5.22. The van der Waals surface area contributed by atoms with Crippen LogP contribution in [0.2, 0.25) is 0 Å². The van der Waals surface area contributed by atoms with Crippen LogP contribution in [0.5, 0.6) is 0 Å². The van der Waals surface area contributed by atoms with E-state index in [2.05, 4.69) is 4.98 Å². The Labute approximate surface area is 112 Å². The van der Waals surface area contributed by atoms with Crippen molar-refractivity contribution in [1.29, 1.82) is 0 Å². The number of ether oxygens (including phenoxy) is 1. The van der Waals surface area contributed by atoms with Crippen molar-refractivity contribution in [2.75, 3.05) is 12.3 Å². The fourth-order valence-electron chi connectivity index (χ4n) is 1.69. The average molecular weight is 256 g/mol. The zero-order valence-electron chi connectivity index (χ0n) is 10.8. The van der Waals surface area contributed by atoms with E-state index in [1.807, 2.05) is 19.1 Å². The number of aryl methyl sites for hydroxylation is 1. The lowest BCUT2D eigenvalue weighted by Crippen LogP contribution is -2.08. The SMILES string of the molecule is Cc1cc(C(=O)OCCc2cccnc2)ccc1N. The molecule has 0 radical (unpaired) electrons. The molecule has 0 aliphatic carbocycles. The normalized spacial score (nSPS) is 10.2. The number of rotatable bonds is 4. The summed E-state index contributed by atoms with van der Waals surface area (Å²) in [7, 11) is 0. The first-order valence-electron chi connectivity index (χ1n) is 6.09. The van der Waals surface area contributed by atoms with Gasteiger partial charge in [-0.25, -0.2) is 4.79 Å². The second kappa shape index (κ2) is 6.00. The Morgan fingerprint density at radius 1 is 1.37 bits per heavy atom. The minimum atomic E-state index is -0.327. The molecule has 0 aliphatic heterocycles. The van der Waals surface area contributed by atoms with Gasteiger partial charge in [-0.1, -0.05) is 6.07 Å². The number of nitrogens with zero attached hydrogens (tertiary/aromatic N) is 1. The Bertz CT molecular complexity index is 568. The molecule has 0 aliphatic rings. The van der Waals surface area contributed by atoms with Gasteiger partial charge in [-0.05, 0) is 42.3 Å². The van der Waals surface area contributed by atoms with Crippen LogP contribution in [-0.4, -0.2) is 17.6 Å². The molecule has 2 rings (SSSR count). The number of esters is 1. The largest absolute Gasteiger partial charge is 0.462 e. The fourth-order valence-corrected chi connectivity index (χ4v) is 1.69. The van der Waals surface area contributed by atoms with Gasteiger partial charge in [0, 0.05) is 24.5 Å². The standard InChI is InChI=1S/C15H16N2O2/c1-11-9-13(4-5-14(11)16)15(18)19-8-6-12-3-2-7-17-10-12/h2-5,7,9-10H,6,8,16H2,1H3. The molecular formula is C15H16N2O2. The van der Waals surface area contributed by atoms with Crippen LogP contribution >= 0.6 is 0 Å². The van der Waals surface area contributed by atoms with Crippen LogP contribution in [0.25, 0.3) is 0 Å². The zero-order chi connectivity index (χ0) is 13.7. The van der Waals surface area contributed by atoms with Crippen LogP contribution in [0.3, 0.4) is 0 Å². The minimum absolute atomic E-state index is 0.327. The van der Waals surface area contributed by atoms with Crippen LogP contribution in [0.1, 0.15) is 21.5 Å². The Hall–Kier alpha value is -2.36. The number of aromatic nitrogens is 1. The molecule has 0 spiro atoms. The molecule has 0 saturated heterocycles. The number of hydrogen-bond acceptors (Lipinski definition) is 4. The third kappa shape index (κ3) is 3.55. The van der Waals surface area contributed by atoms with Gasteiger partial charge < -0.3 is 10.5 Å². The molecule has 0 atom stereocenters.